The number of halogens is 4. The Morgan fingerprint density at radius 2 is 1.85 bits per heavy atom. The van der Waals surface area contributed by atoms with E-state index in [1.165, 1.54) is 31.2 Å². The van der Waals surface area contributed by atoms with E-state index in [-0.39, 0.29) is 61.6 Å². The van der Waals surface area contributed by atoms with Crippen LogP contribution in [-0.4, -0.2) is 38.8 Å². The summed E-state index contributed by atoms with van der Waals surface area (Å²) in [6.07, 6.45) is -4.57. The first-order chi connectivity index (χ1) is 16.0. The average molecular weight is 560 g/mol. The number of benzene rings is 2. The fourth-order valence-corrected chi connectivity index (χ4v) is 5.10. The third kappa shape index (κ3) is 4.90. The number of pyridine rings is 1. The van der Waals surface area contributed by atoms with Gasteiger partial charge in [0.2, 0.25) is 0 Å². The second-order valence-corrected chi connectivity index (χ2v) is 9.98. The summed E-state index contributed by atoms with van der Waals surface area (Å²) in [5, 5.41) is 0.238. The van der Waals surface area contributed by atoms with Crippen molar-refractivity contribution in [3.63, 3.8) is 0 Å². The number of hydrogen-bond donors (Lipinski definition) is 0. The van der Waals surface area contributed by atoms with Crippen molar-refractivity contribution in [2.75, 3.05) is 19.5 Å². The van der Waals surface area contributed by atoms with Crippen molar-refractivity contribution >= 4 is 42.6 Å². The molecule has 0 saturated carbocycles. The van der Waals surface area contributed by atoms with Crippen molar-refractivity contribution < 1.29 is 35.9 Å². The minimum absolute atomic E-state index is 0.00684. The van der Waals surface area contributed by atoms with Crippen LogP contribution in [0, 0.1) is 0 Å². The molecule has 1 heterocycles. The molecule has 34 heavy (non-hydrogen) atoms. The smallest absolute Gasteiger partial charge is 0.416 e. The van der Waals surface area contributed by atoms with Gasteiger partial charge >= 0.3 is 12.1 Å². The molecule has 11 heteroatoms. The van der Waals surface area contributed by atoms with E-state index >= 15 is 0 Å². The first-order valence-corrected chi connectivity index (χ1v) is 12.9. The number of carbonyl (C=O) groups excluding carboxylic acids is 1. The molecule has 0 amide bonds. The number of alkyl halides is 4. The van der Waals surface area contributed by atoms with Crippen LogP contribution in [0.4, 0.5) is 13.2 Å². The van der Waals surface area contributed by atoms with E-state index in [2.05, 4.69) is 20.9 Å². The second-order valence-electron chi connectivity index (χ2n) is 7.17. The minimum Gasteiger partial charge on any atom is -0.492 e. The van der Waals surface area contributed by atoms with Crippen LogP contribution in [0.3, 0.4) is 0 Å². The van der Waals surface area contributed by atoms with E-state index in [4.69, 9.17) is 9.47 Å². The number of aromatic nitrogens is 1. The van der Waals surface area contributed by atoms with Crippen LogP contribution in [-0.2, 0) is 26.1 Å². The Hall–Kier alpha value is -2.66. The van der Waals surface area contributed by atoms with Gasteiger partial charge < -0.3 is 9.47 Å². The maximum Gasteiger partial charge on any atom is 0.416 e. The summed E-state index contributed by atoms with van der Waals surface area (Å²) in [5.41, 5.74) is -0.151. The molecule has 0 spiro atoms. The molecular formula is C23H21BrF3NO5S. The third-order valence-corrected chi connectivity index (χ3v) is 7.46. The fourth-order valence-electron chi connectivity index (χ4n) is 3.52. The first-order valence-electron chi connectivity index (χ1n) is 10.2. The van der Waals surface area contributed by atoms with Gasteiger partial charge in [0.25, 0.3) is 0 Å². The number of sulfone groups is 1. The standard InChI is InChI=1S/C23H21BrF3NO5S/c1-4-33-18-11-17-15(10-19(18)34(30,31)5-2)20(22(29)32-3)16(12-24)21(28-17)13-7-6-8-14(9-13)23(25,26)27/h6-11H,4-5,12H2,1-3H3. The van der Waals surface area contributed by atoms with Crippen LogP contribution in [0.2, 0.25) is 0 Å². The Bertz CT molecular complexity index is 1360. The Labute approximate surface area is 203 Å². The van der Waals surface area contributed by atoms with Gasteiger partial charge in [-0.2, -0.15) is 13.2 Å². The zero-order chi connectivity index (χ0) is 25.3. The molecule has 0 aliphatic heterocycles. The highest BCUT2D eigenvalue weighted by molar-refractivity contribution is 9.08. The highest BCUT2D eigenvalue weighted by Crippen LogP contribution is 2.38. The summed E-state index contributed by atoms with van der Waals surface area (Å²) >= 11 is 3.30. The fraction of sp³-hybridized carbons (Fsp3) is 0.304. The quantitative estimate of drug-likeness (QED) is 0.269. The van der Waals surface area contributed by atoms with Crippen molar-refractivity contribution in [1.29, 1.82) is 0 Å². The van der Waals surface area contributed by atoms with Crippen molar-refractivity contribution in [1.82, 2.24) is 4.98 Å². The molecule has 0 saturated heterocycles. The number of nitrogens with zero attached hydrogens (tertiary/aromatic N) is 1. The molecule has 0 fully saturated rings. The van der Waals surface area contributed by atoms with Crippen LogP contribution in [0.25, 0.3) is 22.2 Å². The van der Waals surface area contributed by atoms with E-state index in [0.717, 1.165) is 19.2 Å². The maximum atomic E-state index is 13.3. The van der Waals surface area contributed by atoms with Crippen LogP contribution in [0.5, 0.6) is 5.75 Å². The summed E-state index contributed by atoms with van der Waals surface area (Å²) in [6.45, 7) is 3.33. The predicted octanol–water partition coefficient (Wildman–Crippen LogP) is 5.79. The van der Waals surface area contributed by atoms with Gasteiger partial charge in [0.05, 0.1) is 41.8 Å². The van der Waals surface area contributed by atoms with Crippen molar-refractivity contribution in [2.24, 2.45) is 0 Å². The zero-order valence-corrected chi connectivity index (χ0v) is 20.9. The van der Waals surface area contributed by atoms with Gasteiger partial charge in [0.15, 0.2) is 9.84 Å². The molecule has 0 N–H and O–H groups in total. The largest absolute Gasteiger partial charge is 0.492 e. The summed E-state index contributed by atoms with van der Waals surface area (Å²) < 4.78 is 75.9. The number of rotatable bonds is 7. The molecule has 2 aromatic carbocycles. The first kappa shape index (κ1) is 26.0. The van der Waals surface area contributed by atoms with Crippen molar-refractivity contribution in [2.45, 2.75) is 30.2 Å². The van der Waals surface area contributed by atoms with E-state index in [9.17, 15) is 26.4 Å². The molecule has 3 aromatic rings. The lowest BCUT2D eigenvalue weighted by Crippen LogP contribution is -2.12. The van der Waals surface area contributed by atoms with E-state index in [1.807, 2.05) is 0 Å². The van der Waals surface area contributed by atoms with Crippen molar-refractivity contribution in [3.8, 4) is 17.0 Å². The summed E-state index contributed by atoms with van der Waals surface area (Å²) in [4.78, 5) is 17.2. The van der Waals surface area contributed by atoms with Crippen LogP contribution in [0.1, 0.15) is 35.3 Å². The SMILES string of the molecule is CCOc1cc2nc(-c3cccc(C(F)(F)F)c3)c(CBr)c(C(=O)OC)c2cc1S(=O)(=O)CC. The third-order valence-electron chi connectivity index (χ3n) is 5.15. The summed E-state index contributed by atoms with van der Waals surface area (Å²) in [6, 6.07) is 7.28. The number of esters is 1. The molecule has 0 bridgehead atoms. The number of methoxy groups -OCH3 is 1. The molecule has 6 nitrogen and oxygen atoms in total. The van der Waals surface area contributed by atoms with Gasteiger partial charge in [-0.3, -0.25) is 0 Å². The molecule has 0 atom stereocenters. The van der Waals surface area contributed by atoms with Gasteiger partial charge in [-0.25, -0.2) is 18.2 Å². The molecule has 3 rings (SSSR count). The normalized spacial score (nSPS) is 12.1. The maximum absolute atomic E-state index is 13.3. The van der Waals surface area contributed by atoms with E-state index in [0.29, 0.717) is 0 Å². The average Bonchev–Trinajstić information content (AvgIpc) is 2.81. The minimum atomic E-state index is -4.57. The molecular weight excluding hydrogens is 539 g/mol. The number of carbonyl (C=O) groups is 1. The molecule has 0 unspecified atom stereocenters. The summed E-state index contributed by atoms with van der Waals surface area (Å²) in [5.74, 6) is -0.937. The Morgan fingerprint density at radius 3 is 2.41 bits per heavy atom. The molecule has 182 valence electrons. The Morgan fingerprint density at radius 1 is 1.15 bits per heavy atom. The monoisotopic (exact) mass is 559 g/mol. The Balaban J connectivity index is 2.48. The van der Waals surface area contributed by atoms with Gasteiger partial charge in [-0.15, -0.1) is 0 Å². The molecule has 0 aliphatic rings. The van der Waals surface area contributed by atoms with E-state index in [1.54, 1.807) is 6.92 Å². The lowest BCUT2D eigenvalue weighted by atomic mass is 9.96. The van der Waals surface area contributed by atoms with Crippen LogP contribution >= 0.6 is 15.9 Å². The van der Waals surface area contributed by atoms with Gasteiger partial charge in [-0.05, 0) is 25.1 Å². The number of hydrogen-bond acceptors (Lipinski definition) is 6. The molecule has 1 aromatic heterocycles. The van der Waals surface area contributed by atoms with Crippen molar-refractivity contribution in [3.05, 3.63) is 53.1 Å². The summed E-state index contributed by atoms with van der Waals surface area (Å²) in [7, 11) is -2.58. The molecule has 0 radical (unpaired) electrons. The topological polar surface area (TPSA) is 82.6 Å². The zero-order valence-electron chi connectivity index (χ0n) is 18.5. The second kappa shape index (κ2) is 9.91. The lowest BCUT2D eigenvalue weighted by Gasteiger charge is -2.18. The predicted molar refractivity (Wildman–Crippen MR) is 125 cm³/mol. The van der Waals surface area contributed by atoms with Crippen LogP contribution in [0.15, 0.2) is 41.3 Å². The Kier molecular flexibility index (Phi) is 7.56. The number of fused-ring (bicyclic) bond motifs is 1. The highest BCUT2D eigenvalue weighted by atomic mass is 79.9. The van der Waals surface area contributed by atoms with E-state index < -0.39 is 27.5 Å². The van der Waals surface area contributed by atoms with Crippen LogP contribution < -0.4 is 4.74 Å². The highest BCUT2D eigenvalue weighted by Gasteiger charge is 2.31. The lowest BCUT2D eigenvalue weighted by molar-refractivity contribution is -0.137. The van der Waals surface area contributed by atoms with Gasteiger partial charge in [0, 0.05) is 27.9 Å². The van der Waals surface area contributed by atoms with Gasteiger partial charge in [0.1, 0.15) is 10.6 Å². The van der Waals surface area contributed by atoms with Gasteiger partial charge in [-0.1, -0.05) is 35.0 Å². The molecule has 0 aliphatic carbocycles. The number of ether oxygens (including phenoxy) is 2.